The molecule has 4 aromatic carbocycles. The lowest BCUT2D eigenvalue weighted by atomic mass is 10.1. The monoisotopic (exact) mass is 620 g/mol. The van der Waals surface area contributed by atoms with E-state index < -0.39 is 17.1 Å². The van der Waals surface area contributed by atoms with Crippen LogP contribution in [-0.4, -0.2) is 28.5 Å². The molecule has 0 saturated carbocycles. The van der Waals surface area contributed by atoms with Crippen LogP contribution in [0.25, 0.3) is 16.8 Å². The van der Waals surface area contributed by atoms with Crippen LogP contribution in [0.4, 0.5) is 10.5 Å². The summed E-state index contributed by atoms with van der Waals surface area (Å²) in [5, 5.41) is 4.59. The zero-order valence-electron chi connectivity index (χ0n) is 19.5. The fraction of sp³-hybridized carbons (Fsp3) is 0.0690. The average Bonchev–Trinajstić information content (AvgIpc) is 3.16. The molecule has 37 heavy (non-hydrogen) atoms. The molecule has 6 nitrogen and oxygen atoms in total. The van der Waals surface area contributed by atoms with Crippen LogP contribution in [0.15, 0.2) is 95.9 Å². The highest BCUT2D eigenvalue weighted by Crippen LogP contribution is 2.32. The van der Waals surface area contributed by atoms with Gasteiger partial charge in [0, 0.05) is 9.26 Å². The number of imide groups is 1. The molecule has 0 aliphatic carbocycles. The number of halogens is 1. The first-order valence-corrected chi connectivity index (χ1v) is 13.4. The number of carbonyl (C=O) groups is 3. The fourth-order valence-corrected chi connectivity index (χ4v) is 5.02. The first kappa shape index (κ1) is 25.0. The third-order valence-electron chi connectivity index (χ3n) is 5.70. The quantitative estimate of drug-likeness (QED) is 0.184. The number of anilines is 1. The lowest BCUT2D eigenvalue weighted by Gasteiger charge is -2.12. The van der Waals surface area contributed by atoms with Crippen LogP contribution in [0.1, 0.15) is 11.1 Å². The number of rotatable bonds is 7. The van der Waals surface area contributed by atoms with Crippen LogP contribution in [0.2, 0.25) is 0 Å². The number of ether oxygens (including phenoxy) is 1. The van der Waals surface area contributed by atoms with Gasteiger partial charge in [-0.1, -0.05) is 48.5 Å². The molecule has 0 aromatic heterocycles. The number of fused-ring (bicyclic) bond motifs is 1. The Labute approximate surface area is 231 Å². The predicted octanol–water partition coefficient (Wildman–Crippen LogP) is 6.70. The Bertz CT molecular complexity index is 1520. The van der Waals surface area contributed by atoms with Crippen LogP contribution < -0.4 is 10.1 Å². The fourth-order valence-electron chi connectivity index (χ4n) is 3.82. The van der Waals surface area contributed by atoms with E-state index in [9.17, 15) is 14.4 Å². The van der Waals surface area contributed by atoms with Gasteiger partial charge in [0.25, 0.3) is 11.1 Å². The molecule has 8 heteroatoms. The molecule has 184 valence electrons. The number of hydrogen-bond donors (Lipinski definition) is 1. The van der Waals surface area contributed by atoms with E-state index in [2.05, 4.69) is 52.2 Å². The third-order valence-corrected chi connectivity index (χ3v) is 7.33. The minimum Gasteiger partial charge on any atom is -0.489 e. The number of nitrogens with zero attached hydrogens (tertiary/aromatic N) is 1. The normalized spacial score (nSPS) is 14.4. The van der Waals surface area contributed by atoms with Gasteiger partial charge >= 0.3 is 0 Å². The number of benzene rings is 4. The molecule has 5 rings (SSSR count). The highest BCUT2D eigenvalue weighted by Gasteiger charge is 2.36. The zero-order chi connectivity index (χ0) is 25.8. The van der Waals surface area contributed by atoms with Crippen molar-refractivity contribution in [3.05, 3.63) is 111 Å². The predicted molar refractivity (Wildman–Crippen MR) is 155 cm³/mol. The Kier molecular flexibility index (Phi) is 7.57. The molecule has 1 N–H and O–H groups in total. The Hall–Kier alpha value is -3.63. The number of nitrogens with one attached hydrogen (secondary N) is 1. The summed E-state index contributed by atoms with van der Waals surface area (Å²) in [5.41, 5.74) is 2.44. The van der Waals surface area contributed by atoms with Gasteiger partial charge in [-0.05, 0) is 105 Å². The highest BCUT2D eigenvalue weighted by atomic mass is 127. The summed E-state index contributed by atoms with van der Waals surface area (Å²) in [5.74, 6) is -0.215. The molecule has 1 aliphatic rings. The second-order valence-corrected chi connectivity index (χ2v) is 10.6. The first-order valence-electron chi connectivity index (χ1n) is 11.5. The van der Waals surface area contributed by atoms with Crippen molar-refractivity contribution in [3.8, 4) is 5.75 Å². The molecule has 1 fully saturated rings. The maximum Gasteiger partial charge on any atom is 0.294 e. The lowest BCUT2D eigenvalue weighted by molar-refractivity contribution is -0.127. The van der Waals surface area contributed by atoms with Gasteiger partial charge in [0.1, 0.15) is 18.9 Å². The molecule has 0 radical (unpaired) electrons. The SMILES string of the molecule is O=C(CN1C(=O)S/C(=C\c2ccc(OCc3ccc4ccccc4c3)cc2)C1=O)Nc1ccc(I)cc1. The molecule has 1 heterocycles. The Morgan fingerprint density at radius 2 is 1.65 bits per heavy atom. The summed E-state index contributed by atoms with van der Waals surface area (Å²) in [6, 6.07) is 29.0. The van der Waals surface area contributed by atoms with Gasteiger partial charge in [0.15, 0.2) is 0 Å². The van der Waals surface area contributed by atoms with Gasteiger partial charge in [-0.15, -0.1) is 0 Å². The molecule has 0 unspecified atom stereocenters. The third kappa shape index (κ3) is 6.20. The van der Waals surface area contributed by atoms with Crippen molar-refractivity contribution >= 4 is 73.9 Å². The van der Waals surface area contributed by atoms with Gasteiger partial charge in [-0.25, -0.2) is 0 Å². The van der Waals surface area contributed by atoms with Gasteiger partial charge in [0.05, 0.1) is 4.91 Å². The van der Waals surface area contributed by atoms with E-state index in [0.29, 0.717) is 18.0 Å². The molecular weight excluding hydrogens is 599 g/mol. The summed E-state index contributed by atoms with van der Waals surface area (Å²) >= 11 is 3.00. The molecule has 1 saturated heterocycles. The molecule has 1 aliphatic heterocycles. The van der Waals surface area contributed by atoms with E-state index in [0.717, 1.165) is 31.4 Å². The van der Waals surface area contributed by atoms with Crippen molar-refractivity contribution in [2.75, 3.05) is 11.9 Å². The maximum absolute atomic E-state index is 12.8. The Balaban J connectivity index is 1.18. The molecule has 0 bridgehead atoms. The minimum atomic E-state index is -0.482. The van der Waals surface area contributed by atoms with Crippen LogP contribution in [0.3, 0.4) is 0 Å². The van der Waals surface area contributed by atoms with Crippen LogP contribution in [-0.2, 0) is 16.2 Å². The summed E-state index contributed by atoms with van der Waals surface area (Å²) in [6.45, 7) is 0.100. The van der Waals surface area contributed by atoms with Crippen molar-refractivity contribution in [1.82, 2.24) is 4.90 Å². The number of hydrogen-bond acceptors (Lipinski definition) is 5. The second-order valence-electron chi connectivity index (χ2n) is 8.36. The van der Waals surface area contributed by atoms with Gasteiger partial charge in [-0.2, -0.15) is 0 Å². The van der Waals surface area contributed by atoms with Crippen LogP contribution in [0, 0.1) is 3.57 Å². The summed E-state index contributed by atoms with van der Waals surface area (Å²) in [6.07, 6.45) is 1.65. The zero-order valence-corrected chi connectivity index (χ0v) is 22.5. The van der Waals surface area contributed by atoms with Crippen LogP contribution in [0.5, 0.6) is 5.75 Å². The minimum absolute atomic E-state index is 0.275. The molecule has 4 aromatic rings. The van der Waals surface area contributed by atoms with E-state index in [-0.39, 0.29) is 11.4 Å². The van der Waals surface area contributed by atoms with Gasteiger partial charge in [0.2, 0.25) is 5.91 Å². The maximum atomic E-state index is 12.8. The molecular formula is C29H21IN2O4S. The van der Waals surface area contributed by atoms with Crippen molar-refractivity contribution in [3.63, 3.8) is 0 Å². The Morgan fingerprint density at radius 1 is 0.919 bits per heavy atom. The molecule has 0 atom stereocenters. The van der Waals surface area contributed by atoms with Gasteiger partial charge < -0.3 is 10.1 Å². The van der Waals surface area contributed by atoms with E-state index in [1.165, 1.54) is 10.8 Å². The van der Waals surface area contributed by atoms with E-state index >= 15 is 0 Å². The molecule has 0 spiro atoms. The summed E-state index contributed by atoms with van der Waals surface area (Å²) in [4.78, 5) is 38.8. The van der Waals surface area contributed by atoms with Crippen molar-refractivity contribution < 1.29 is 19.1 Å². The first-order chi connectivity index (χ1) is 17.9. The summed E-state index contributed by atoms with van der Waals surface area (Å²) < 4.78 is 6.96. The smallest absolute Gasteiger partial charge is 0.294 e. The van der Waals surface area contributed by atoms with Crippen LogP contribution >= 0.6 is 34.4 Å². The number of carbonyl (C=O) groups excluding carboxylic acids is 3. The highest BCUT2D eigenvalue weighted by molar-refractivity contribution is 14.1. The number of thioether (sulfide) groups is 1. The second kappa shape index (κ2) is 11.2. The van der Waals surface area contributed by atoms with Crippen molar-refractivity contribution in [1.29, 1.82) is 0 Å². The topological polar surface area (TPSA) is 75.7 Å². The van der Waals surface area contributed by atoms with E-state index in [1.54, 1.807) is 18.2 Å². The van der Waals surface area contributed by atoms with Gasteiger partial charge in [-0.3, -0.25) is 19.3 Å². The molecule has 3 amide bonds. The van der Waals surface area contributed by atoms with Crippen molar-refractivity contribution in [2.24, 2.45) is 0 Å². The number of amides is 3. The summed E-state index contributed by atoms with van der Waals surface area (Å²) in [7, 11) is 0. The largest absolute Gasteiger partial charge is 0.489 e. The lowest BCUT2D eigenvalue weighted by Crippen LogP contribution is -2.36. The van der Waals surface area contributed by atoms with E-state index in [1.807, 2.05) is 54.6 Å². The van der Waals surface area contributed by atoms with Crippen molar-refractivity contribution in [2.45, 2.75) is 6.61 Å². The standard InChI is InChI=1S/C29H21IN2O4S/c30-23-9-11-24(12-10-23)31-27(33)17-32-28(34)26(37-29(32)35)16-19-6-13-25(14-7-19)36-18-20-5-8-21-3-1-2-4-22(21)15-20/h1-16H,17-18H2,(H,31,33)/b26-16-. The average molecular weight is 620 g/mol. The van der Waals surface area contributed by atoms with E-state index in [4.69, 9.17) is 4.74 Å². The Morgan fingerprint density at radius 3 is 2.41 bits per heavy atom.